The Morgan fingerprint density at radius 2 is 2.18 bits per heavy atom. The second-order valence-electron chi connectivity index (χ2n) is 4.67. The molecular weight excluding hydrogens is 304 g/mol. The van der Waals surface area contributed by atoms with Crippen molar-refractivity contribution in [1.29, 1.82) is 5.26 Å². The summed E-state index contributed by atoms with van der Waals surface area (Å²) < 4.78 is 4.85. The molecule has 0 heterocycles. The van der Waals surface area contributed by atoms with Crippen LogP contribution >= 0.6 is 11.6 Å². The summed E-state index contributed by atoms with van der Waals surface area (Å²) in [5.41, 5.74) is 1.72. The molecule has 0 N–H and O–H groups in total. The number of hydrogen-bond donors (Lipinski definition) is 0. The summed E-state index contributed by atoms with van der Waals surface area (Å²) >= 11 is 5.99. The number of nitrogens with zero attached hydrogens (tertiary/aromatic N) is 2. The highest BCUT2D eigenvalue weighted by Crippen LogP contribution is 2.17. The Bertz CT molecular complexity index is 620. The first-order chi connectivity index (χ1) is 10.4. The SMILES string of the molecule is Cc1ccc(/C=C/C(=O)OCC(=O)N(C)CCC#N)cc1Cl. The Morgan fingerprint density at radius 3 is 2.82 bits per heavy atom. The van der Waals surface area contributed by atoms with Gasteiger partial charge in [-0.1, -0.05) is 23.7 Å². The summed E-state index contributed by atoms with van der Waals surface area (Å²) in [6, 6.07) is 7.35. The second-order valence-corrected chi connectivity index (χ2v) is 5.08. The highest BCUT2D eigenvalue weighted by Gasteiger charge is 2.10. The first-order valence-corrected chi connectivity index (χ1v) is 7.03. The topological polar surface area (TPSA) is 70.4 Å². The van der Waals surface area contributed by atoms with Gasteiger partial charge in [-0.25, -0.2) is 4.79 Å². The van der Waals surface area contributed by atoms with Gasteiger partial charge in [0.05, 0.1) is 12.5 Å². The van der Waals surface area contributed by atoms with Crippen LogP contribution in [0.3, 0.4) is 0 Å². The van der Waals surface area contributed by atoms with E-state index in [9.17, 15) is 9.59 Å². The van der Waals surface area contributed by atoms with Gasteiger partial charge in [-0.05, 0) is 30.2 Å². The van der Waals surface area contributed by atoms with Crippen LogP contribution in [0.1, 0.15) is 17.5 Å². The Labute approximate surface area is 134 Å². The van der Waals surface area contributed by atoms with Gasteiger partial charge in [-0.3, -0.25) is 4.79 Å². The standard InChI is InChI=1S/C16H17ClN2O3/c1-12-4-5-13(10-14(12)17)6-7-16(21)22-11-15(20)19(2)9-3-8-18/h4-7,10H,3,9,11H2,1-2H3/b7-6+. The average Bonchev–Trinajstić information content (AvgIpc) is 2.51. The molecule has 0 bridgehead atoms. The third kappa shape index (κ3) is 5.98. The molecule has 0 aromatic heterocycles. The van der Waals surface area contributed by atoms with E-state index in [-0.39, 0.29) is 18.9 Å². The molecule has 0 spiro atoms. The number of carbonyl (C=O) groups is 2. The molecule has 116 valence electrons. The molecule has 1 rings (SSSR count). The molecule has 1 aromatic rings. The highest BCUT2D eigenvalue weighted by molar-refractivity contribution is 6.31. The number of benzene rings is 1. The van der Waals surface area contributed by atoms with Crippen LogP contribution in [0.15, 0.2) is 24.3 Å². The van der Waals surface area contributed by atoms with Crippen molar-refractivity contribution in [3.63, 3.8) is 0 Å². The first-order valence-electron chi connectivity index (χ1n) is 6.66. The number of nitriles is 1. The largest absolute Gasteiger partial charge is 0.452 e. The van der Waals surface area contributed by atoms with E-state index in [1.54, 1.807) is 19.2 Å². The first kappa shape index (κ1) is 17.7. The van der Waals surface area contributed by atoms with Gasteiger partial charge in [-0.15, -0.1) is 0 Å². The van der Waals surface area contributed by atoms with Crippen molar-refractivity contribution in [1.82, 2.24) is 4.90 Å². The Morgan fingerprint density at radius 1 is 1.45 bits per heavy atom. The normalized spacial score (nSPS) is 10.3. The predicted octanol–water partition coefficient (Wildman–Crippen LogP) is 2.58. The van der Waals surface area contributed by atoms with E-state index in [2.05, 4.69) is 0 Å². The smallest absolute Gasteiger partial charge is 0.331 e. The molecular formula is C16H17ClN2O3. The van der Waals surface area contributed by atoms with Gasteiger partial charge in [0.1, 0.15) is 0 Å². The fourth-order valence-electron chi connectivity index (χ4n) is 1.51. The van der Waals surface area contributed by atoms with Gasteiger partial charge in [0.15, 0.2) is 6.61 Å². The molecule has 0 atom stereocenters. The Hall–Kier alpha value is -2.32. The third-order valence-electron chi connectivity index (χ3n) is 2.93. The quantitative estimate of drug-likeness (QED) is 0.596. The van der Waals surface area contributed by atoms with Crippen molar-refractivity contribution in [2.45, 2.75) is 13.3 Å². The minimum atomic E-state index is -0.612. The number of esters is 1. The van der Waals surface area contributed by atoms with Gasteiger partial charge < -0.3 is 9.64 Å². The number of likely N-dealkylation sites (N-methyl/N-ethyl adjacent to an activating group) is 1. The Balaban J connectivity index is 2.46. The molecule has 0 unspecified atom stereocenters. The molecule has 1 amide bonds. The van der Waals surface area contributed by atoms with E-state index in [0.717, 1.165) is 11.1 Å². The van der Waals surface area contributed by atoms with Crippen LogP contribution < -0.4 is 0 Å². The van der Waals surface area contributed by atoms with Crippen molar-refractivity contribution in [2.75, 3.05) is 20.2 Å². The lowest BCUT2D eigenvalue weighted by Gasteiger charge is -2.14. The molecule has 0 aliphatic rings. The zero-order chi connectivity index (χ0) is 16.5. The number of carbonyl (C=O) groups excluding carboxylic acids is 2. The second kappa shape index (κ2) is 8.85. The van der Waals surface area contributed by atoms with Crippen LogP contribution in [-0.4, -0.2) is 37.0 Å². The summed E-state index contributed by atoms with van der Waals surface area (Å²) in [6.45, 7) is 1.85. The lowest BCUT2D eigenvalue weighted by atomic mass is 10.1. The van der Waals surface area contributed by atoms with Gasteiger partial charge in [0, 0.05) is 24.7 Å². The minimum absolute atomic E-state index is 0.240. The monoisotopic (exact) mass is 320 g/mol. The molecule has 22 heavy (non-hydrogen) atoms. The molecule has 0 aliphatic heterocycles. The number of hydrogen-bond acceptors (Lipinski definition) is 4. The van der Waals surface area contributed by atoms with Crippen molar-refractivity contribution < 1.29 is 14.3 Å². The maximum absolute atomic E-state index is 11.6. The average molecular weight is 321 g/mol. The summed E-state index contributed by atoms with van der Waals surface area (Å²) in [6.07, 6.45) is 3.05. The molecule has 0 saturated carbocycles. The fraction of sp³-hybridized carbons (Fsp3) is 0.312. The number of halogens is 1. The maximum Gasteiger partial charge on any atom is 0.331 e. The van der Waals surface area contributed by atoms with Crippen LogP contribution in [0, 0.1) is 18.3 Å². The van der Waals surface area contributed by atoms with Gasteiger partial charge in [0.25, 0.3) is 5.91 Å². The van der Waals surface area contributed by atoms with Crippen LogP contribution in [0.25, 0.3) is 6.08 Å². The molecule has 1 aromatic carbocycles. The van der Waals surface area contributed by atoms with Crippen LogP contribution in [0.2, 0.25) is 5.02 Å². The molecule has 0 aliphatic carbocycles. The number of aryl methyl sites for hydroxylation is 1. The van der Waals surface area contributed by atoms with Gasteiger partial charge in [-0.2, -0.15) is 5.26 Å². The molecule has 5 nitrogen and oxygen atoms in total. The lowest BCUT2D eigenvalue weighted by Crippen LogP contribution is -2.31. The summed E-state index contributed by atoms with van der Waals surface area (Å²) in [7, 11) is 1.55. The zero-order valence-electron chi connectivity index (χ0n) is 12.5. The van der Waals surface area contributed by atoms with E-state index in [0.29, 0.717) is 11.6 Å². The van der Waals surface area contributed by atoms with E-state index in [1.807, 2.05) is 25.1 Å². The molecule has 0 saturated heterocycles. The van der Waals surface area contributed by atoms with Crippen LogP contribution in [0.4, 0.5) is 0 Å². The van der Waals surface area contributed by atoms with Crippen molar-refractivity contribution in [3.8, 4) is 6.07 Å². The van der Waals surface area contributed by atoms with Crippen LogP contribution in [-0.2, 0) is 14.3 Å². The predicted molar refractivity (Wildman–Crippen MR) is 84.0 cm³/mol. The molecule has 0 radical (unpaired) electrons. The van der Waals surface area contributed by atoms with Crippen LogP contribution in [0.5, 0.6) is 0 Å². The summed E-state index contributed by atoms with van der Waals surface area (Å²) in [4.78, 5) is 24.5. The van der Waals surface area contributed by atoms with Crippen molar-refractivity contribution >= 4 is 29.6 Å². The summed E-state index contributed by atoms with van der Waals surface area (Å²) in [5.74, 6) is -0.964. The van der Waals surface area contributed by atoms with E-state index >= 15 is 0 Å². The van der Waals surface area contributed by atoms with Crippen molar-refractivity contribution in [3.05, 3.63) is 40.4 Å². The van der Waals surface area contributed by atoms with E-state index in [1.165, 1.54) is 11.0 Å². The lowest BCUT2D eigenvalue weighted by molar-refractivity contribution is -0.147. The van der Waals surface area contributed by atoms with E-state index in [4.69, 9.17) is 21.6 Å². The third-order valence-corrected chi connectivity index (χ3v) is 3.34. The van der Waals surface area contributed by atoms with E-state index < -0.39 is 5.97 Å². The number of amides is 1. The fourth-order valence-corrected chi connectivity index (χ4v) is 1.70. The highest BCUT2D eigenvalue weighted by atomic mass is 35.5. The van der Waals surface area contributed by atoms with Gasteiger partial charge in [0.2, 0.25) is 0 Å². The zero-order valence-corrected chi connectivity index (χ0v) is 13.3. The number of rotatable bonds is 6. The van der Waals surface area contributed by atoms with Gasteiger partial charge >= 0.3 is 5.97 Å². The maximum atomic E-state index is 11.6. The minimum Gasteiger partial charge on any atom is -0.452 e. The Kier molecular flexibility index (Phi) is 7.14. The number of ether oxygens (including phenoxy) is 1. The molecule has 0 fully saturated rings. The summed E-state index contributed by atoms with van der Waals surface area (Å²) in [5, 5.41) is 9.05. The molecule has 6 heteroatoms. The van der Waals surface area contributed by atoms with Crippen molar-refractivity contribution in [2.24, 2.45) is 0 Å².